The predicted octanol–water partition coefficient (Wildman–Crippen LogP) is 4.94. The van der Waals surface area contributed by atoms with Crippen LogP contribution in [0.15, 0.2) is 18.2 Å². The third kappa shape index (κ3) is 7.20. The van der Waals surface area contributed by atoms with Crippen LogP contribution in [0.25, 0.3) is 11.0 Å². The number of benzene rings is 1. The third-order valence-electron chi connectivity index (χ3n) is 5.64. The number of H-pyrrole nitrogens is 1. The summed E-state index contributed by atoms with van der Waals surface area (Å²) in [7, 11) is 0. The number of aromatic amines is 1. The van der Waals surface area contributed by atoms with E-state index in [0.29, 0.717) is 16.6 Å². The zero-order chi connectivity index (χ0) is 28.7. The van der Waals surface area contributed by atoms with Crippen molar-refractivity contribution in [1.82, 2.24) is 25.5 Å². The number of alkyl halides is 6. The van der Waals surface area contributed by atoms with Gasteiger partial charge in [0, 0.05) is 6.54 Å². The van der Waals surface area contributed by atoms with Crippen LogP contribution in [0.1, 0.15) is 52.0 Å². The summed E-state index contributed by atoms with van der Waals surface area (Å²) in [5, 5.41) is 4.35. The van der Waals surface area contributed by atoms with E-state index in [1.165, 1.54) is 6.07 Å². The molecule has 3 N–H and O–H groups in total. The van der Waals surface area contributed by atoms with E-state index >= 15 is 0 Å². The van der Waals surface area contributed by atoms with Crippen LogP contribution in [-0.4, -0.2) is 69.7 Å². The molecule has 2 heterocycles. The Kier molecular flexibility index (Phi) is 7.83. The van der Waals surface area contributed by atoms with Crippen LogP contribution in [0.2, 0.25) is 0 Å². The number of rotatable bonds is 7. The summed E-state index contributed by atoms with van der Waals surface area (Å²) in [6.45, 7) is 5.27. The van der Waals surface area contributed by atoms with Gasteiger partial charge < -0.3 is 30.0 Å². The van der Waals surface area contributed by atoms with Crippen molar-refractivity contribution in [1.29, 1.82) is 0 Å². The molecule has 1 aliphatic heterocycles. The molecular weight excluding hydrogens is 524 g/mol. The highest BCUT2D eigenvalue weighted by Crippen LogP contribution is 2.34. The number of urea groups is 1. The SMILES string of the molecule is CC(C)(C)OC(=O)N[C@@H](COC(C)(C)C(F)(F)F)c1nc2ccc(CN3C[C@H](C(F)(F)F)NC3=O)cc2[nH]1. The molecular formula is C23H29F6N5O4. The monoisotopic (exact) mass is 553 g/mol. The molecule has 1 aromatic heterocycles. The lowest BCUT2D eigenvalue weighted by molar-refractivity contribution is -0.265. The molecule has 1 aromatic carbocycles. The highest BCUT2D eigenvalue weighted by molar-refractivity contribution is 5.78. The van der Waals surface area contributed by atoms with Gasteiger partial charge in [0.05, 0.1) is 24.2 Å². The fourth-order valence-corrected chi connectivity index (χ4v) is 3.48. The quantitative estimate of drug-likeness (QED) is 0.421. The number of imidazole rings is 1. The first-order chi connectivity index (χ1) is 17.2. The number of hydrogen-bond donors (Lipinski definition) is 3. The minimum atomic E-state index is -4.68. The fourth-order valence-electron chi connectivity index (χ4n) is 3.48. The standard InChI is InChI=1S/C23H29F6N5O4/c1-20(2,3)38-19(36)32-15(11-37-21(4,5)23(27,28)29)17-30-13-7-6-12(8-14(13)31-17)9-34-10-16(22(24,25)26)33-18(34)35/h6-8,15-16H,9-11H2,1-5H3,(H,30,31)(H,32,36)(H,33,35)/t15-,16+/m0/s1. The third-order valence-corrected chi connectivity index (χ3v) is 5.64. The van der Waals surface area contributed by atoms with Gasteiger partial charge in [0.1, 0.15) is 23.5 Å². The summed E-state index contributed by atoms with van der Waals surface area (Å²) in [5.74, 6) is 0.0667. The second kappa shape index (κ2) is 10.2. The Morgan fingerprint density at radius 3 is 2.37 bits per heavy atom. The average molecular weight is 554 g/mol. The Labute approximate surface area is 214 Å². The Morgan fingerprint density at radius 2 is 1.82 bits per heavy atom. The van der Waals surface area contributed by atoms with Gasteiger partial charge in [-0.3, -0.25) is 0 Å². The molecule has 38 heavy (non-hydrogen) atoms. The molecule has 0 spiro atoms. The largest absolute Gasteiger partial charge is 0.444 e. The van der Waals surface area contributed by atoms with Gasteiger partial charge in [0.25, 0.3) is 0 Å². The molecule has 0 saturated carbocycles. The molecule has 3 rings (SSSR count). The number of fused-ring (bicyclic) bond motifs is 1. The molecule has 2 aromatic rings. The van der Waals surface area contributed by atoms with Crippen molar-refractivity contribution in [3.05, 3.63) is 29.6 Å². The molecule has 3 amide bonds. The number of nitrogens with zero attached hydrogens (tertiary/aromatic N) is 2. The summed E-state index contributed by atoms with van der Waals surface area (Å²) >= 11 is 0. The average Bonchev–Trinajstić information content (AvgIpc) is 3.32. The van der Waals surface area contributed by atoms with Crippen molar-refractivity contribution < 1.29 is 45.4 Å². The lowest BCUT2D eigenvalue weighted by atomic mass is 10.1. The Hall–Kier alpha value is -3.23. The van der Waals surface area contributed by atoms with Gasteiger partial charge >= 0.3 is 24.5 Å². The summed E-state index contributed by atoms with van der Waals surface area (Å²) in [5.41, 5.74) is -2.16. The molecule has 0 unspecified atom stereocenters. The van der Waals surface area contributed by atoms with E-state index < -0.39 is 60.9 Å². The second-order valence-electron chi connectivity index (χ2n) is 10.4. The van der Waals surface area contributed by atoms with E-state index in [9.17, 15) is 35.9 Å². The molecule has 212 valence electrons. The van der Waals surface area contributed by atoms with Gasteiger partial charge in [-0.15, -0.1) is 0 Å². The van der Waals surface area contributed by atoms with Crippen LogP contribution in [0, 0.1) is 0 Å². The molecule has 0 radical (unpaired) electrons. The summed E-state index contributed by atoms with van der Waals surface area (Å²) in [6.07, 6.45) is -10.2. The first-order valence-electron chi connectivity index (χ1n) is 11.6. The number of alkyl carbamates (subject to hydrolysis) is 1. The molecule has 1 fully saturated rings. The van der Waals surface area contributed by atoms with Gasteiger partial charge in [-0.05, 0) is 52.3 Å². The minimum absolute atomic E-state index is 0.0667. The number of hydrogen-bond acceptors (Lipinski definition) is 5. The molecule has 2 atom stereocenters. The Morgan fingerprint density at radius 1 is 1.16 bits per heavy atom. The lowest BCUT2D eigenvalue weighted by Gasteiger charge is -2.30. The smallest absolute Gasteiger partial charge is 0.416 e. The number of halogens is 6. The van der Waals surface area contributed by atoms with Crippen LogP contribution >= 0.6 is 0 Å². The molecule has 0 bridgehead atoms. The maximum atomic E-state index is 13.3. The molecule has 15 heteroatoms. The van der Waals surface area contributed by atoms with Gasteiger partial charge in [-0.25, -0.2) is 14.6 Å². The van der Waals surface area contributed by atoms with E-state index in [0.717, 1.165) is 18.7 Å². The maximum Gasteiger partial charge on any atom is 0.416 e. The Bertz CT molecular complexity index is 1170. The van der Waals surface area contributed by atoms with Crippen molar-refractivity contribution in [3.8, 4) is 0 Å². The second-order valence-corrected chi connectivity index (χ2v) is 10.4. The molecule has 1 aliphatic rings. The van der Waals surface area contributed by atoms with E-state index in [1.807, 2.05) is 5.32 Å². The topological polar surface area (TPSA) is 109 Å². The molecule has 9 nitrogen and oxygen atoms in total. The summed E-state index contributed by atoms with van der Waals surface area (Å²) < 4.78 is 89.1. The van der Waals surface area contributed by atoms with Crippen LogP contribution in [0.3, 0.4) is 0 Å². The number of aromatic nitrogens is 2. The van der Waals surface area contributed by atoms with Gasteiger partial charge in [0.15, 0.2) is 5.60 Å². The first kappa shape index (κ1) is 29.3. The highest BCUT2D eigenvalue weighted by atomic mass is 19.4. The molecule has 0 aliphatic carbocycles. The van der Waals surface area contributed by atoms with Gasteiger partial charge in [0.2, 0.25) is 0 Å². The van der Waals surface area contributed by atoms with Crippen LogP contribution in [-0.2, 0) is 16.0 Å². The van der Waals surface area contributed by atoms with Crippen LogP contribution in [0.4, 0.5) is 35.9 Å². The van der Waals surface area contributed by atoms with Gasteiger partial charge in [-0.1, -0.05) is 6.07 Å². The van der Waals surface area contributed by atoms with E-state index in [2.05, 4.69) is 15.3 Å². The summed E-state index contributed by atoms with van der Waals surface area (Å²) in [6, 6.07) is 0.637. The van der Waals surface area contributed by atoms with E-state index in [-0.39, 0.29) is 12.4 Å². The number of carbonyl (C=O) groups is 2. The van der Waals surface area contributed by atoms with Gasteiger partial charge in [-0.2, -0.15) is 26.3 Å². The lowest BCUT2D eigenvalue weighted by Crippen LogP contribution is -2.45. The van der Waals surface area contributed by atoms with Crippen molar-refractivity contribution in [2.75, 3.05) is 13.2 Å². The number of amides is 3. The van der Waals surface area contributed by atoms with Crippen molar-refractivity contribution in [2.45, 2.75) is 76.8 Å². The van der Waals surface area contributed by atoms with E-state index in [4.69, 9.17) is 9.47 Å². The normalized spacial score (nSPS) is 18.0. The predicted molar refractivity (Wildman–Crippen MR) is 123 cm³/mol. The number of nitrogens with one attached hydrogen (secondary N) is 3. The summed E-state index contributed by atoms with van der Waals surface area (Å²) in [4.78, 5) is 32.6. The van der Waals surface area contributed by atoms with Crippen LogP contribution < -0.4 is 10.6 Å². The number of ether oxygens (including phenoxy) is 2. The zero-order valence-electron chi connectivity index (χ0n) is 21.3. The Balaban J connectivity index is 1.82. The van der Waals surface area contributed by atoms with Crippen molar-refractivity contribution >= 4 is 23.2 Å². The van der Waals surface area contributed by atoms with Crippen molar-refractivity contribution in [3.63, 3.8) is 0 Å². The van der Waals surface area contributed by atoms with Crippen LogP contribution in [0.5, 0.6) is 0 Å². The first-order valence-corrected chi connectivity index (χ1v) is 11.6. The van der Waals surface area contributed by atoms with E-state index in [1.54, 1.807) is 32.9 Å². The fraction of sp³-hybridized carbons (Fsp3) is 0.609. The minimum Gasteiger partial charge on any atom is -0.444 e. The zero-order valence-corrected chi connectivity index (χ0v) is 21.3. The number of carbonyl (C=O) groups excluding carboxylic acids is 2. The highest BCUT2D eigenvalue weighted by Gasteiger charge is 2.49. The maximum absolute atomic E-state index is 13.3. The van der Waals surface area contributed by atoms with Crippen molar-refractivity contribution in [2.24, 2.45) is 0 Å². The molecule has 1 saturated heterocycles.